The Morgan fingerprint density at radius 1 is 0.593 bits per heavy atom. The second kappa shape index (κ2) is 35.8. The molecule has 2 unspecified atom stereocenters. The number of carbonyl (C=O) groups is 2. The summed E-state index contributed by atoms with van der Waals surface area (Å²) in [6, 6.07) is 0. The number of esters is 2. The first-order chi connectivity index (χ1) is 26.3. The molecule has 0 bridgehead atoms. The van der Waals surface area contributed by atoms with Crippen LogP contribution in [-0.2, 0) is 28.5 Å². The smallest absolute Gasteiger partial charge is 0.306 e. The van der Waals surface area contributed by atoms with Crippen molar-refractivity contribution in [2.24, 2.45) is 0 Å². The minimum atomic E-state index is -1.59. The standard InChI is InChI=1S/C44H82O10/c1-3-5-7-9-11-13-15-17-19-21-23-25-27-29-31-33-40(47)53-37(36-52-44-43(50)42(49)41(48)38(34-45)54-44)35-51-39(46)32-30-28-26-24-22-20-18-16-14-12-10-8-6-4-2/h3,37-38,41-45,48-50H,1,4-36H2,2H3/t37-,38-,41+,42?,43?,44-/m0/s1. The third-order valence-electron chi connectivity index (χ3n) is 10.5. The zero-order valence-electron chi connectivity index (χ0n) is 34.3. The van der Waals surface area contributed by atoms with E-state index < -0.39 is 49.4 Å². The molecule has 318 valence electrons. The molecule has 0 aromatic heterocycles. The summed E-state index contributed by atoms with van der Waals surface area (Å²) in [5.41, 5.74) is 0. The molecular formula is C44H82O10. The van der Waals surface area contributed by atoms with Crippen LogP contribution in [0.3, 0.4) is 0 Å². The van der Waals surface area contributed by atoms with Gasteiger partial charge in [-0.3, -0.25) is 9.59 Å². The first-order valence-electron chi connectivity index (χ1n) is 22.2. The van der Waals surface area contributed by atoms with Crippen molar-refractivity contribution in [3.8, 4) is 0 Å². The fraction of sp³-hybridized carbons (Fsp3) is 0.909. The highest BCUT2D eigenvalue weighted by Crippen LogP contribution is 2.23. The molecule has 54 heavy (non-hydrogen) atoms. The van der Waals surface area contributed by atoms with Crippen LogP contribution in [0.25, 0.3) is 0 Å². The number of carbonyl (C=O) groups excluding carboxylic acids is 2. The Labute approximate surface area is 329 Å². The zero-order chi connectivity index (χ0) is 39.5. The molecule has 1 fully saturated rings. The van der Waals surface area contributed by atoms with Crippen molar-refractivity contribution in [2.45, 2.75) is 236 Å². The Balaban J connectivity index is 2.31. The Morgan fingerprint density at radius 3 is 1.46 bits per heavy atom. The lowest BCUT2D eigenvalue weighted by atomic mass is 9.99. The zero-order valence-corrected chi connectivity index (χ0v) is 34.3. The van der Waals surface area contributed by atoms with Gasteiger partial charge in [-0.1, -0.05) is 167 Å². The fourth-order valence-electron chi connectivity index (χ4n) is 6.99. The molecule has 1 aliphatic rings. The predicted octanol–water partition coefficient (Wildman–Crippen LogP) is 9.17. The number of ether oxygens (including phenoxy) is 4. The van der Waals surface area contributed by atoms with Crippen LogP contribution in [-0.4, -0.2) is 89.0 Å². The van der Waals surface area contributed by atoms with Gasteiger partial charge in [-0.2, -0.15) is 0 Å². The van der Waals surface area contributed by atoms with Crippen molar-refractivity contribution < 1.29 is 49.0 Å². The van der Waals surface area contributed by atoms with Gasteiger partial charge in [-0.05, 0) is 25.7 Å². The molecule has 0 amide bonds. The summed E-state index contributed by atoms with van der Waals surface area (Å²) in [4.78, 5) is 25.3. The van der Waals surface area contributed by atoms with Crippen LogP contribution in [0.1, 0.15) is 200 Å². The second-order valence-corrected chi connectivity index (χ2v) is 15.6. The van der Waals surface area contributed by atoms with Crippen LogP contribution < -0.4 is 0 Å². The maximum atomic E-state index is 12.8. The Kier molecular flexibility index (Phi) is 33.5. The summed E-state index contributed by atoms with van der Waals surface area (Å²) in [6.45, 7) is 4.96. The highest BCUT2D eigenvalue weighted by Gasteiger charge is 2.44. The number of aliphatic hydroxyl groups is 4. The van der Waals surface area contributed by atoms with E-state index >= 15 is 0 Å². The second-order valence-electron chi connectivity index (χ2n) is 15.6. The molecule has 10 nitrogen and oxygen atoms in total. The summed E-state index contributed by atoms with van der Waals surface area (Å²) in [5.74, 6) is -0.799. The van der Waals surface area contributed by atoms with Gasteiger partial charge < -0.3 is 39.4 Å². The topological polar surface area (TPSA) is 152 Å². The Bertz CT molecular complexity index is 883. The van der Waals surface area contributed by atoms with Crippen molar-refractivity contribution >= 4 is 11.9 Å². The van der Waals surface area contributed by atoms with Crippen LogP contribution in [0.5, 0.6) is 0 Å². The van der Waals surface area contributed by atoms with Gasteiger partial charge in [0.05, 0.1) is 13.2 Å². The molecule has 0 aromatic rings. The van der Waals surface area contributed by atoms with E-state index in [0.29, 0.717) is 6.42 Å². The fourth-order valence-corrected chi connectivity index (χ4v) is 6.99. The maximum absolute atomic E-state index is 12.8. The normalized spacial score (nSPS) is 20.5. The van der Waals surface area contributed by atoms with E-state index in [-0.39, 0.29) is 32.0 Å². The summed E-state index contributed by atoms with van der Waals surface area (Å²) in [6.07, 6.45) is 28.2. The van der Waals surface area contributed by atoms with Gasteiger partial charge >= 0.3 is 11.9 Å². The summed E-state index contributed by atoms with van der Waals surface area (Å²) in [7, 11) is 0. The highest BCUT2D eigenvalue weighted by molar-refractivity contribution is 5.70. The monoisotopic (exact) mass is 771 g/mol. The van der Waals surface area contributed by atoms with Gasteiger partial charge in [0.25, 0.3) is 0 Å². The van der Waals surface area contributed by atoms with E-state index in [1.807, 2.05) is 6.08 Å². The van der Waals surface area contributed by atoms with Crippen molar-refractivity contribution in [3.05, 3.63) is 12.7 Å². The van der Waals surface area contributed by atoms with Crippen molar-refractivity contribution in [1.82, 2.24) is 0 Å². The van der Waals surface area contributed by atoms with Gasteiger partial charge in [0.1, 0.15) is 31.0 Å². The number of rotatable bonds is 38. The predicted molar refractivity (Wildman–Crippen MR) is 215 cm³/mol. The third kappa shape index (κ3) is 27.1. The lowest BCUT2D eigenvalue weighted by molar-refractivity contribution is -0.305. The lowest BCUT2D eigenvalue weighted by Gasteiger charge is -2.39. The Hall–Kier alpha value is -1.56. The number of aliphatic hydroxyl groups excluding tert-OH is 4. The molecular weight excluding hydrogens is 688 g/mol. The van der Waals surface area contributed by atoms with Gasteiger partial charge in [0, 0.05) is 12.8 Å². The molecule has 0 saturated carbocycles. The first kappa shape index (κ1) is 50.5. The van der Waals surface area contributed by atoms with E-state index in [0.717, 1.165) is 44.9 Å². The van der Waals surface area contributed by atoms with Crippen LogP contribution in [0.4, 0.5) is 0 Å². The molecule has 0 aliphatic carbocycles. The third-order valence-corrected chi connectivity index (χ3v) is 10.5. The van der Waals surface area contributed by atoms with Crippen LogP contribution >= 0.6 is 0 Å². The van der Waals surface area contributed by atoms with Crippen LogP contribution in [0, 0.1) is 0 Å². The van der Waals surface area contributed by atoms with E-state index in [2.05, 4.69) is 13.5 Å². The minimum absolute atomic E-state index is 0.212. The molecule has 1 heterocycles. The van der Waals surface area contributed by atoms with E-state index in [1.54, 1.807) is 0 Å². The lowest BCUT2D eigenvalue weighted by Crippen LogP contribution is -2.59. The maximum Gasteiger partial charge on any atom is 0.306 e. The molecule has 0 aromatic carbocycles. The molecule has 1 aliphatic heterocycles. The minimum Gasteiger partial charge on any atom is -0.462 e. The van der Waals surface area contributed by atoms with Crippen molar-refractivity contribution in [2.75, 3.05) is 19.8 Å². The molecule has 1 rings (SSSR count). The molecule has 0 radical (unpaired) electrons. The largest absolute Gasteiger partial charge is 0.462 e. The van der Waals surface area contributed by atoms with Crippen molar-refractivity contribution in [3.63, 3.8) is 0 Å². The van der Waals surface area contributed by atoms with E-state index in [1.165, 1.54) is 128 Å². The molecule has 10 heteroatoms. The first-order valence-corrected chi connectivity index (χ1v) is 22.2. The highest BCUT2D eigenvalue weighted by atomic mass is 16.7. The van der Waals surface area contributed by atoms with Gasteiger partial charge in [0.15, 0.2) is 12.4 Å². The average molecular weight is 771 g/mol. The number of hydrogen-bond acceptors (Lipinski definition) is 10. The van der Waals surface area contributed by atoms with E-state index in [4.69, 9.17) is 18.9 Å². The van der Waals surface area contributed by atoms with Gasteiger partial charge in [0.2, 0.25) is 0 Å². The van der Waals surface area contributed by atoms with Gasteiger partial charge in [-0.25, -0.2) is 0 Å². The molecule has 4 N–H and O–H groups in total. The quantitative estimate of drug-likeness (QED) is 0.0272. The van der Waals surface area contributed by atoms with Crippen molar-refractivity contribution in [1.29, 1.82) is 0 Å². The van der Waals surface area contributed by atoms with E-state index in [9.17, 15) is 30.0 Å². The summed E-state index contributed by atoms with van der Waals surface area (Å²) < 4.78 is 22.2. The SMILES string of the molecule is C=CCCCCCCCCCCCCCCCC(=O)O[C@@H](COC(=O)CCCCCCCCCCCCCCCC)CO[C@H]1O[C@@H](CO)[C@@H](O)C(O)C1O. The number of hydrogen-bond donors (Lipinski definition) is 4. The van der Waals surface area contributed by atoms with Gasteiger partial charge in [-0.15, -0.1) is 6.58 Å². The Morgan fingerprint density at radius 2 is 1.02 bits per heavy atom. The summed E-state index contributed by atoms with van der Waals surface area (Å²) in [5, 5.41) is 40.0. The molecule has 6 atom stereocenters. The van der Waals surface area contributed by atoms with Crippen LogP contribution in [0.2, 0.25) is 0 Å². The van der Waals surface area contributed by atoms with Crippen LogP contribution in [0.15, 0.2) is 12.7 Å². The average Bonchev–Trinajstić information content (AvgIpc) is 3.17. The molecule has 0 spiro atoms. The number of allylic oxidation sites excluding steroid dienone is 1. The molecule has 1 saturated heterocycles. The number of unbranched alkanes of at least 4 members (excludes halogenated alkanes) is 26. The summed E-state index contributed by atoms with van der Waals surface area (Å²) >= 11 is 0.